The van der Waals surface area contributed by atoms with Crippen LogP contribution in [-0.4, -0.2) is 22.9 Å². The molecule has 1 heterocycles. The van der Waals surface area contributed by atoms with Crippen molar-refractivity contribution in [3.8, 4) is 0 Å². The van der Waals surface area contributed by atoms with Gasteiger partial charge in [0.1, 0.15) is 0 Å². The first-order valence-electron chi connectivity index (χ1n) is 6.96. The summed E-state index contributed by atoms with van der Waals surface area (Å²) in [4.78, 5) is 35.1. The van der Waals surface area contributed by atoms with Crippen LogP contribution in [0, 0.1) is 0 Å². The lowest BCUT2D eigenvalue weighted by Gasteiger charge is -2.07. The van der Waals surface area contributed by atoms with Crippen molar-refractivity contribution >= 4 is 33.4 Å². The standard InChI is InChI=1S/C16H16BrN3O3/c1-20-9-7-11(10-15(20)22)16(23)18-8-6-14(21)19-13-4-2-12(17)3-5-13/h2-5,7,9-10H,6,8H2,1H3,(H,18,23)(H,19,21). The van der Waals surface area contributed by atoms with Gasteiger partial charge in [0.05, 0.1) is 0 Å². The Morgan fingerprint density at radius 3 is 2.52 bits per heavy atom. The molecule has 0 spiro atoms. The van der Waals surface area contributed by atoms with Crippen LogP contribution in [0.15, 0.2) is 51.9 Å². The van der Waals surface area contributed by atoms with E-state index in [-0.39, 0.29) is 35.9 Å². The van der Waals surface area contributed by atoms with Crippen LogP contribution in [-0.2, 0) is 11.8 Å². The molecule has 2 aromatic rings. The van der Waals surface area contributed by atoms with Crippen molar-refractivity contribution in [3.05, 3.63) is 63.0 Å². The lowest BCUT2D eigenvalue weighted by molar-refractivity contribution is -0.116. The maximum atomic E-state index is 11.9. The third-order valence-corrected chi connectivity index (χ3v) is 3.66. The van der Waals surface area contributed by atoms with E-state index in [2.05, 4.69) is 26.6 Å². The fourth-order valence-corrected chi connectivity index (χ4v) is 2.10. The normalized spacial score (nSPS) is 10.2. The number of aromatic nitrogens is 1. The van der Waals surface area contributed by atoms with Gasteiger partial charge in [0.25, 0.3) is 11.5 Å². The monoisotopic (exact) mass is 377 g/mol. The maximum Gasteiger partial charge on any atom is 0.251 e. The number of halogens is 1. The summed E-state index contributed by atoms with van der Waals surface area (Å²) in [5.41, 5.74) is 0.711. The third-order valence-electron chi connectivity index (χ3n) is 3.13. The van der Waals surface area contributed by atoms with Gasteiger partial charge >= 0.3 is 0 Å². The Morgan fingerprint density at radius 1 is 1.17 bits per heavy atom. The van der Waals surface area contributed by atoms with Crippen molar-refractivity contribution < 1.29 is 9.59 Å². The molecule has 2 N–H and O–H groups in total. The molecule has 0 radical (unpaired) electrons. The average molecular weight is 378 g/mol. The topological polar surface area (TPSA) is 80.2 Å². The predicted octanol–water partition coefficient (Wildman–Crippen LogP) is 1.91. The molecular formula is C16H16BrN3O3. The third kappa shape index (κ3) is 5.07. The molecule has 0 saturated carbocycles. The molecule has 2 amide bonds. The minimum absolute atomic E-state index is 0.145. The van der Waals surface area contributed by atoms with Gasteiger partial charge in [-0.2, -0.15) is 0 Å². The van der Waals surface area contributed by atoms with Gasteiger partial charge in [-0.05, 0) is 30.3 Å². The first-order valence-corrected chi connectivity index (χ1v) is 7.75. The molecule has 0 fully saturated rings. The number of hydrogen-bond acceptors (Lipinski definition) is 3. The molecule has 0 saturated heterocycles. The SMILES string of the molecule is Cn1ccc(C(=O)NCCC(=O)Nc2ccc(Br)cc2)cc1=O. The molecule has 120 valence electrons. The summed E-state index contributed by atoms with van der Waals surface area (Å²) in [5, 5.41) is 5.35. The Balaban J connectivity index is 1.80. The van der Waals surface area contributed by atoms with Crippen LogP contribution in [0.2, 0.25) is 0 Å². The van der Waals surface area contributed by atoms with Crippen molar-refractivity contribution in [2.45, 2.75) is 6.42 Å². The molecule has 0 aliphatic heterocycles. The minimum atomic E-state index is -0.376. The van der Waals surface area contributed by atoms with Crippen LogP contribution >= 0.6 is 15.9 Å². The molecule has 0 aliphatic rings. The number of anilines is 1. The zero-order chi connectivity index (χ0) is 16.8. The number of nitrogens with one attached hydrogen (secondary N) is 2. The van der Waals surface area contributed by atoms with Crippen LogP contribution in [0.5, 0.6) is 0 Å². The highest BCUT2D eigenvalue weighted by atomic mass is 79.9. The molecular weight excluding hydrogens is 362 g/mol. The summed E-state index contributed by atoms with van der Waals surface area (Å²) < 4.78 is 2.30. The number of carbonyl (C=O) groups excluding carboxylic acids is 2. The van der Waals surface area contributed by atoms with Crippen molar-refractivity contribution in [3.63, 3.8) is 0 Å². The Labute approximate surface area is 141 Å². The predicted molar refractivity (Wildman–Crippen MR) is 91.4 cm³/mol. The second kappa shape index (κ2) is 7.73. The zero-order valence-corrected chi connectivity index (χ0v) is 14.1. The number of rotatable bonds is 5. The summed E-state index contributed by atoms with van der Waals surface area (Å²) in [7, 11) is 1.61. The molecule has 0 atom stereocenters. The number of nitrogens with zero attached hydrogens (tertiary/aromatic N) is 1. The number of aryl methyl sites for hydroxylation is 1. The zero-order valence-electron chi connectivity index (χ0n) is 12.5. The molecule has 2 rings (SSSR count). The Morgan fingerprint density at radius 2 is 1.87 bits per heavy atom. The van der Waals surface area contributed by atoms with Gasteiger partial charge in [-0.3, -0.25) is 14.4 Å². The van der Waals surface area contributed by atoms with Crippen LogP contribution in [0.25, 0.3) is 0 Å². The van der Waals surface area contributed by atoms with E-state index < -0.39 is 0 Å². The number of hydrogen-bond donors (Lipinski definition) is 2. The van der Waals surface area contributed by atoms with Gasteiger partial charge in [0.15, 0.2) is 0 Å². The van der Waals surface area contributed by atoms with E-state index in [0.717, 1.165) is 4.47 Å². The summed E-state index contributed by atoms with van der Waals surface area (Å²) >= 11 is 3.32. The maximum absolute atomic E-state index is 11.9. The highest BCUT2D eigenvalue weighted by molar-refractivity contribution is 9.10. The first kappa shape index (κ1) is 17.0. The first-order chi connectivity index (χ1) is 11.0. The number of carbonyl (C=O) groups is 2. The summed E-state index contributed by atoms with van der Waals surface area (Å²) in [6, 6.07) is 10.0. The summed E-state index contributed by atoms with van der Waals surface area (Å²) in [5.74, 6) is -0.573. The van der Waals surface area contributed by atoms with Gasteiger partial charge in [-0.25, -0.2) is 0 Å². The highest BCUT2D eigenvalue weighted by Gasteiger charge is 2.08. The smallest absolute Gasteiger partial charge is 0.251 e. The Hall–Kier alpha value is -2.41. The summed E-state index contributed by atoms with van der Waals surface area (Å²) in [6.45, 7) is 0.191. The van der Waals surface area contributed by atoms with E-state index in [4.69, 9.17) is 0 Å². The quantitative estimate of drug-likeness (QED) is 0.834. The molecule has 23 heavy (non-hydrogen) atoms. The van der Waals surface area contributed by atoms with Crippen molar-refractivity contribution in [1.29, 1.82) is 0 Å². The molecule has 0 aliphatic carbocycles. The Bertz CT molecular complexity index is 769. The lowest BCUT2D eigenvalue weighted by atomic mass is 10.2. The number of amides is 2. The molecule has 7 heteroatoms. The van der Waals surface area contributed by atoms with Gasteiger partial charge in [0, 0.05) is 48.0 Å². The van der Waals surface area contributed by atoms with Gasteiger partial charge < -0.3 is 15.2 Å². The molecule has 0 bridgehead atoms. The van der Waals surface area contributed by atoms with Crippen molar-refractivity contribution in [2.75, 3.05) is 11.9 Å². The van der Waals surface area contributed by atoms with Crippen LogP contribution < -0.4 is 16.2 Å². The molecule has 1 aromatic heterocycles. The largest absolute Gasteiger partial charge is 0.352 e. The number of benzene rings is 1. The lowest BCUT2D eigenvalue weighted by Crippen LogP contribution is -2.29. The van der Waals surface area contributed by atoms with E-state index in [9.17, 15) is 14.4 Å². The van der Waals surface area contributed by atoms with E-state index in [0.29, 0.717) is 5.69 Å². The fourth-order valence-electron chi connectivity index (χ4n) is 1.84. The van der Waals surface area contributed by atoms with Crippen LogP contribution in [0.4, 0.5) is 5.69 Å². The van der Waals surface area contributed by atoms with Crippen molar-refractivity contribution in [2.24, 2.45) is 7.05 Å². The molecule has 6 nitrogen and oxygen atoms in total. The molecule has 0 unspecified atom stereocenters. The second-order valence-corrected chi connectivity index (χ2v) is 5.84. The summed E-state index contributed by atoms with van der Waals surface area (Å²) in [6.07, 6.45) is 1.67. The van der Waals surface area contributed by atoms with Crippen molar-refractivity contribution in [1.82, 2.24) is 9.88 Å². The van der Waals surface area contributed by atoms with Crippen LogP contribution in [0.3, 0.4) is 0 Å². The highest BCUT2D eigenvalue weighted by Crippen LogP contribution is 2.14. The van der Waals surface area contributed by atoms with E-state index >= 15 is 0 Å². The van der Waals surface area contributed by atoms with Gasteiger partial charge in [-0.15, -0.1) is 0 Å². The van der Waals surface area contributed by atoms with Gasteiger partial charge in [-0.1, -0.05) is 15.9 Å². The second-order valence-electron chi connectivity index (χ2n) is 4.93. The Kier molecular flexibility index (Phi) is 5.70. The van der Waals surface area contributed by atoms with Gasteiger partial charge in [0.2, 0.25) is 5.91 Å². The fraction of sp³-hybridized carbons (Fsp3) is 0.188. The van der Waals surface area contributed by atoms with E-state index in [1.54, 1.807) is 25.2 Å². The van der Waals surface area contributed by atoms with E-state index in [1.165, 1.54) is 16.8 Å². The minimum Gasteiger partial charge on any atom is -0.352 e. The number of pyridine rings is 1. The average Bonchev–Trinajstić information content (AvgIpc) is 2.52. The van der Waals surface area contributed by atoms with Crippen LogP contribution in [0.1, 0.15) is 16.8 Å². The van der Waals surface area contributed by atoms with E-state index in [1.807, 2.05) is 12.1 Å². The molecule has 1 aromatic carbocycles.